The van der Waals surface area contributed by atoms with Crippen molar-refractivity contribution in [1.29, 1.82) is 0 Å². The SMILES string of the molecule is CCC(=O)OC1C(C)(C)C(OC(=O)CC)C1(C)C. The molecule has 0 radical (unpaired) electrons. The van der Waals surface area contributed by atoms with Crippen molar-refractivity contribution in [2.45, 2.75) is 66.6 Å². The normalized spacial score (nSPS) is 28.1. The summed E-state index contributed by atoms with van der Waals surface area (Å²) in [7, 11) is 0. The van der Waals surface area contributed by atoms with Crippen LogP contribution in [0.4, 0.5) is 0 Å². The molecule has 0 aliphatic heterocycles. The topological polar surface area (TPSA) is 52.6 Å². The van der Waals surface area contributed by atoms with E-state index in [9.17, 15) is 9.59 Å². The Morgan fingerprint density at radius 3 is 1.33 bits per heavy atom. The molecular formula is C14H24O4. The monoisotopic (exact) mass is 256 g/mol. The molecule has 1 aliphatic rings. The van der Waals surface area contributed by atoms with Crippen LogP contribution in [-0.2, 0) is 19.1 Å². The summed E-state index contributed by atoms with van der Waals surface area (Å²) in [6, 6.07) is 0. The van der Waals surface area contributed by atoms with Crippen LogP contribution in [0.2, 0.25) is 0 Å². The van der Waals surface area contributed by atoms with Gasteiger partial charge in [-0.1, -0.05) is 41.5 Å². The molecule has 1 aliphatic carbocycles. The number of hydrogen-bond donors (Lipinski definition) is 0. The predicted octanol–water partition coefficient (Wildman–Crippen LogP) is 2.70. The maximum Gasteiger partial charge on any atom is 0.305 e. The molecule has 1 rings (SSSR count). The molecule has 0 N–H and O–H groups in total. The molecule has 4 nitrogen and oxygen atoms in total. The Morgan fingerprint density at radius 2 is 1.11 bits per heavy atom. The van der Waals surface area contributed by atoms with Gasteiger partial charge in [0.2, 0.25) is 0 Å². The van der Waals surface area contributed by atoms with Gasteiger partial charge in [0, 0.05) is 23.7 Å². The van der Waals surface area contributed by atoms with Crippen molar-refractivity contribution >= 4 is 11.9 Å². The van der Waals surface area contributed by atoms with E-state index in [1.54, 1.807) is 13.8 Å². The summed E-state index contributed by atoms with van der Waals surface area (Å²) in [5.41, 5.74) is -0.668. The van der Waals surface area contributed by atoms with Crippen LogP contribution in [0.25, 0.3) is 0 Å². The molecule has 0 spiro atoms. The minimum absolute atomic E-state index is 0.207. The molecule has 104 valence electrons. The van der Waals surface area contributed by atoms with Crippen LogP contribution in [0, 0.1) is 10.8 Å². The average Bonchev–Trinajstić information content (AvgIpc) is 2.31. The van der Waals surface area contributed by atoms with Gasteiger partial charge in [-0.05, 0) is 0 Å². The molecule has 0 amide bonds. The molecular weight excluding hydrogens is 232 g/mol. The van der Waals surface area contributed by atoms with E-state index in [0.29, 0.717) is 12.8 Å². The Morgan fingerprint density at radius 1 is 0.833 bits per heavy atom. The highest BCUT2D eigenvalue weighted by Crippen LogP contribution is 2.57. The number of esters is 2. The van der Waals surface area contributed by atoms with E-state index in [0.717, 1.165) is 0 Å². The second kappa shape index (κ2) is 4.90. The average molecular weight is 256 g/mol. The van der Waals surface area contributed by atoms with Crippen LogP contribution in [-0.4, -0.2) is 24.1 Å². The van der Waals surface area contributed by atoms with Gasteiger partial charge in [-0.25, -0.2) is 0 Å². The lowest BCUT2D eigenvalue weighted by Crippen LogP contribution is -2.69. The van der Waals surface area contributed by atoms with E-state index in [1.165, 1.54) is 0 Å². The summed E-state index contributed by atoms with van der Waals surface area (Å²) in [4.78, 5) is 22.9. The molecule has 0 heterocycles. The highest BCUT2D eigenvalue weighted by atomic mass is 16.6. The van der Waals surface area contributed by atoms with Crippen LogP contribution in [0.5, 0.6) is 0 Å². The smallest absolute Gasteiger partial charge is 0.305 e. The third-order valence-corrected chi connectivity index (χ3v) is 3.78. The lowest BCUT2D eigenvalue weighted by Gasteiger charge is -2.61. The minimum atomic E-state index is -0.334. The quantitative estimate of drug-likeness (QED) is 0.726. The van der Waals surface area contributed by atoms with Crippen molar-refractivity contribution in [3.8, 4) is 0 Å². The Bertz CT molecular complexity index is 298. The predicted molar refractivity (Wildman–Crippen MR) is 67.9 cm³/mol. The van der Waals surface area contributed by atoms with E-state index in [4.69, 9.17) is 9.47 Å². The van der Waals surface area contributed by atoms with Crippen molar-refractivity contribution < 1.29 is 19.1 Å². The summed E-state index contributed by atoms with van der Waals surface area (Å²) in [5, 5.41) is 0. The fourth-order valence-corrected chi connectivity index (χ4v) is 3.13. The summed E-state index contributed by atoms with van der Waals surface area (Å²) < 4.78 is 11.0. The van der Waals surface area contributed by atoms with Crippen LogP contribution in [0.1, 0.15) is 54.4 Å². The first-order chi connectivity index (χ1) is 8.17. The molecule has 0 bridgehead atoms. The zero-order chi connectivity index (χ0) is 14.1. The van der Waals surface area contributed by atoms with Crippen LogP contribution in [0.15, 0.2) is 0 Å². The van der Waals surface area contributed by atoms with Crippen LogP contribution in [0.3, 0.4) is 0 Å². The number of ether oxygens (including phenoxy) is 2. The van der Waals surface area contributed by atoms with E-state index in [2.05, 4.69) is 0 Å². The lowest BCUT2D eigenvalue weighted by molar-refractivity contribution is -0.267. The maximum atomic E-state index is 11.4. The molecule has 1 fully saturated rings. The molecule has 0 aromatic carbocycles. The van der Waals surface area contributed by atoms with Crippen molar-refractivity contribution in [2.24, 2.45) is 10.8 Å². The first-order valence-corrected chi connectivity index (χ1v) is 6.56. The van der Waals surface area contributed by atoms with Crippen molar-refractivity contribution in [2.75, 3.05) is 0 Å². The van der Waals surface area contributed by atoms with Crippen molar-refractivity contribution in [1.82, 2.24) is 0 Å². The van der Waals surface area contributed by atoms with E-state index >= 15 is 0 Å². The third-order valence-electron chi connectivity index (χ3n) is 3.78. The standard InChI is InChI=1S/C14H24O4/c1-7-9(15)17-11-13(3,4)12(14(11,5)6)18-10(16)8-2/h11-12H,7-8H2,1-6H3. The first kappa shape index (κ1) is 15.0. The van der Waals surface area contributed by atoms with Crippen molar-refractivity contribution in [3.05, 3.63) is 0 Å². The van der Waals surface area contributed by atoms with Gasteiger partial charge in [-0.3, -0.25) is 9.59 Å². The van der Waals surface area contributed by atoms with E-state index in [-0.39, 0.29) is 35.0 Å². The Kier molecular flexibility index (Phi) is 4.08. The molecule has 1 saturated carbocycles. The van der Waals surface area contributed by atoms with Gasteiger partial charge in [0.05, 0.1) is 0 Å². The minimum Gasteiger partial charge on any atom is -0.461 e. The van der Waals surface area contributed by atoms with E-state index in [1.807, 2.05) is 27.7 Å². The second-order valence-corrected chi connectivity index (χ2v) is 6.09. The third kappa shape index (κ3) is 2.38. The van der Waals surface area contributed by atoms with Gasteiger partial charge in [0.15, 0.2) is 0 Å². The lowest BCUT2D eigenvalue weighted by atomic mass is 9.51. The molecule has 4 heteroatoms. The zero-order valence-corrected chi connectivity index (χ0v) is 12.2. The van der Waals surface area contributed by atoms with Gasteiger partial charge in [0.25, 0.3) is 0 Å². The van der Waals surface area contributed by atoms with Gasteiger partial charge in [0.1, 0.15) is 12.2 Å². The van der Waals surface area contributed by atoms with Gasteiger partial charge >= 0.3 is 11.9 Å². The number of carbonyl (C=O) groups is 2. The van der Waals surface area contributed by atoms with Gasteiger partial charge in [-0.2, -0.15) is 0 Å². The second-order valence-electron chi connectivity index (χ2n) is 6.09. The highest BCUT2D eigenvalue weighted by Gasteiger charge is 2.66. The Hall–Kier alpha value is -1.06. The largest absolute Gasteiger partial charge is 0.461 e. The Balaban J connectivity index is 2.80. The molecule has 0 saturated heterocycles. The summed E-state index contributed by atoms with van der Waals surface area (Å²) in [6.07, 6.45) is 0.295. The van der Waals surface area contributed by atoms with Crippen LogP contribution >= 0.6 is 0 Å². The summed E-state index contributed by atoms with van der Waals surface area (Å²) in [6.45, 7) is 11.4. The van der Waals surface area contributed by atoms with Crippen molar-refractivity contribution in [3.63, 3.8) is 0 Å². The zero-order valence-electron chi connectivity index (χ0n) is 12.2. The molecule has 18 heavy (non-hydrogen) atoms. The highest BCUT2D eigenvalue weighted by molar-refractivity contribution is 5.70. The molecule has 0 aromatic heterocycles. The number of hydrogen-bond acceptors (Lipinski definition) is 4. The Labute approximate surface area is 109 Å². The fraction of sp³-hybridized carbons (Fsp3) is 0.857. The summed E-state index contributed by atoms with van der Waals surface area (Å²) >= 11 is 0. The fourth-order valence-electron chi connectivity index (χ4n) is 3.13. The number of carbonyl (C=O) groups excluding carboxylic acids is 2. The van der Waals surface area contributed by atoms with Gasteiger partial charge in [-0.15, -0.1) is 0 Å². The summed E-state index contributed by atoms with van der Waals surface area (Å²) in [5.74, 6) is -0.414. The first-order valence-electron chi connectivity index (χ1n) is 6.56. The maximum absolute atomic E-state index is 11.4. The van der Waals surface area contributed by atoms with Crippen LogP contribution < -0.4 is 0 Å². The van der Waals surface area contributed by atoms with Gasteiger partial charge < -0.3 is 9.47 Å². The molecule has 0 atom stereocenters. The number of rotatable bonds is 4. The molecule has 0 aromatic rings. The molecule has 0 unspecified atom stereocenters. The van der Waals surface area contributed by atoms with E-state index < -0.39 is 0 Å².